The van der Waals surface area contributed by atoms with Crippen molar-refractivity contribution in [1.82, 2.24) is 25.8 Å². The van der Waals surface area contributed by atoms with E-state index in [1.165, 1.54) is 22.7 Å². The van der Waals surface area contributed by atoms with E-state index in [1.54, 1.807) is 30.3 Å². The summed E-state index contributed by atoms with van der Waals surface area (Å²) in [6.45, 7) is 0. The molecular formula is C36H37Cl4N9O3S3. The molecule has 2 aromatic heterocycles. The molecule has 55 heavy (non-hydrogen) atoms. The molecule has 12 nitrogen and oxygen atoms in total. The van der Waals surface area contributed by atoms with Gasteiger partial charge < -0.3 is 27.3 Å². The molecule has 0 atom stereocenters. The first kappa shape index (κ1) is 46.7. The predicted octanol–water partition coefficient (Wildman–Crippen LogP) is 8.28. The minimum Gasteiger partial charge on any atom is -0.481 e. The Labute approximate surface area is 352 Å². The third-order valence-corrected chi connectivity index (χ3v) is 9.73. The Balaban J connectivity index is 0.000000286. The number of carboxylic acid groups (broad SMARTS) is 1. The summed E-state index contributed by atoms with van der Waals surface area (Å²) in [6.07, 6.45) is 1.45. The van der Waals surface area contributed by atoms with E-state index in [1.807, 2.05) is 72.2 Å². The van der Waals surface area contributed by atoms with Gasteiger partial charge in [-0.15, -0.1) is 20.4 Å². The van der Waals surface area contributed by atoms with Crippen molar-refractivity contribution in [1.29, 1.82) is 0 Å². The van der Waals surface area contributed by atoms with Crippen LogP contribution < -0.4 is 28.1 Å². The standard InChI is InChI=1S/C17H13Cl2N3OS.C9H8ClN3S.C8H7ClO2.CH5N3S.CH4/c18-13-7-3-1-5-11(13)9-15(23)20-17-22-21-16(24-17)10-12-6-2-4-8-14(12)19;10-7-4-2-1-3-6(7)5-8-12-13-9(11)14-8;9-7-4-2-1-3-6(7)5-8(10)11;2-1(5)4-3;/h1-8H,9-10H2,(H,20,22,23);1-4H,5H2,(H2,11,13);1-4H,5H2,(H,10,11);3H2,(H3,2,4,5);1H4. The maximum atomic E-state index is 12.1. The predicted molar refractivity (Wildman–Crippen MR) is 230 cm³/mol. The second kappa shape index (κ2) is 24.9. The van der Waals surface area contributed by atoms with E-state index in [9.17, 15) is 9.59 Å². The van der Waals surface area contributed by atoms with Crippen molar-refractivity contribution in [2.75, 3.05) is 11.1 Å². The summed E-state index contributed by atoms with van der Waals surface area (Å²) in [4.78, 5) is 22.4. The second-order valence-electron chi connectivity index (χ2n) is 10.6. The summed E-state index contributed by atoms with van der Waals surface area (Å²) in [5.74, 6) is 3.61. The first-order valence-electron chi connectivity index (χ1n) is 15.5. The summed E-state index contributed by atoms with van der Waals surface area (Å²) in [6, 6.07) is 29.5. The van der Waals surface area contributed by atoms with Gasteiger partial charge in [0, 0.05) is 32.9 Å². The molecule has 0 bridgehead atoms. The Bertz CT molecular complexity index is 2140. The number of hydrogen-bond acceptors (Lipinski definition) is 11. The molecular weight excluding hydrogens is 844 g/mol. The monoisotopic (exact) mass is 879 g/mol. The van der Waals surface area contributed by atoms with Crippen LogP contribution in [0.15, 0.2) is 97.1 Å². The van der Waals surface area contributed by atoms with E-state index in [0.29, 0.717) is 43.7 Å². The summed E-state index contributed by atoms with van der Waals surface area (Å²) in [7, 11) is 0. The van der Waals surface area contributed by atoms with Crippen LogP contribution in [0.4, 0.5) is 10.3 Å². The normalized spacial score (nSPS) is 9.76. The number of benzene rings is 4. The fourth-order valence-electron chi connectivity index (χ4n) is 4.11. The van der Waals surface area contributed by atoms with Gasteiger partial charge in [-0.2, -0.15) is 0 Å². The third kappa shape index (κ3) is 17.7. The third-order valence-electron chi connectivity index (χ3n) is 6.55. The van der Waals surface area contributed by atoms with Gasteiger partial charge in [0.15, 0.2) is 5.11 Å². The van der Waals surface area contributed by atoms with Crippen LogP contribution in [0.1, 0.15) is 39.7 Å². The summed E-state index contributed by atoms with van der Waals surface area (Å²) < 4.78 is 0. The fourth-order valence-corrected chi connectivity index (χ4v) is 6.33. The Morgan fingerprint density at radius 2 is 1.04 bits per heavy atom. The van der Waals surface area contributed by atoms with Crippen LogP contribution in [0.25, 0.3) is 0 Å². The van der Waals surface area contributed by atoms with Crippen molar-refractivity contribution in [3.8, 4) is 0 Å². The van der Waals surface area contributed by atoms with E-state index in [4.69, 9.17) is 63.0 Å². The van der Waals surface area contributed by atoms with Gasteiger partial charge in [-0.1, -0.05) is 149 Å². The van der Waals surface area contributed by atoms with Crippen LogP contribution in [0, 0.1) is 0 Å². The molecule has 2 heterocycles. The number of aromatic nitrogens is 4. The van der Waals surface area contributed by atoms with Gasteiger partial charge in [-0.25, -0.2) is 5.84 Å². The number of aliphatic carboxylic acids is 1. The zero-order chi connectivity index (χ0) is 39.5. The first-order chi connectivity index (χ1) is 25.8. The maximum absolute atomic E-state index is 12.1. The smallest absolute Gasteiger partial charge is 0.307 e. The maximum Gasteiger partial charge on any atom is 0.307 e. The highest BCUT2D eigenvalue weighted by atomic mass is 35.5. The molecule has 19 heteroatoms. The number of rotatable bonds is 9. The molecule has 6 aromatic rings. The molecule has 0 aliphatic rings. The Kier molecular flexibility index (Phi) is 21.1. The number of thiocarbonyl (C=S) groups is 1. The minimum atomic E-state index is -0.863. The van der Waals surface area contributed by atoms with Crippen LogP contribution >= 0.6 is 81.3 Å². The fraction of sp³-hybridized carbons (Fsp3) is 0.139. The van der Waals surface area contributed by atoms with Gasteiger partial charge in [0.25, 0.3) is 0 Å². The van der Waals surface area contributed by atoms with Crippen molar-refractivity contribution >= 4 is 109 Å². The molecule has 0 unspecified atom stereocenters. The van der Waals surface area contributed by atoms with E-state index < -0.39 is 5.97 Å². The number of nitrogens with zero attached hydrogens (tertiary/aromatic N) is 4. The van der Waals surface area contributed by atoms with E-state index >= 15 is 0 Å². The SMILES string of the molecule is C.NNC(N)=S.Nc1nnc(Cc2ccccc2Cl)s1.O=C(Cc1ccccc1Cl)Nc1nnc(Cc2ccccc2Cl)s1.O=C(O)Cc1ccccc1Cl. The topological polar surface area (TPSA) is 208 Å². The molecule has 0 fully saturated rings. The van der Waals surface area contributed by atoms with Gasteiger partial charge >= 0.3 is 5.97 Å². The number of nitrogens with two attached hydrogens (primary N) is 3. The molecule has 6 rings (SSSR count). The molecule has 4 aromatic carbocycles. The molecule has 0 saturated carbocycles. The average Bonchev–Trinajstić information content (AvgIpc) is 3.77. The zero-order valence-corrected chi connectivity index (χ0v) is 33.6. The molecule has 0 aliphatic heterocycles. The van der Waals surface area contributed by atoms with Gasteiger partial charge in [-0.3, -0.25) is 9.59 Å². The molecule has 0 aliphatic carbocycles. The van der Waals surface area contributed by atoms with Crippen LogP contribution in [-0.2, 0) is 35.3 Å². The highest BCUT2D eigenvalue weighted by Crippen LogP contribution is 2.24. The molecule has 0 radical (unpaired) electrons. The summed E-state index contributed by atoms with van der Waals surface area (Å²) >= 11 is 30.9. The number of hydrogen-bond donors (Lipinski definition) is 6. The van der Waals surface area contributed by atoms with E-state index in [0.717, 1.165) is 31.7 Å². The van der Waals surface area contributed by atoms with Crippen LogP contribution in [-0.4, -0.2) is 42.5 Å². The molecule has 0 spiro atoms. The van der Waals surface area contributed by atoms with Crippen molar-refractivity contribution < 1.29 is 14.7 Å². The number of nitrogen functional groups attached to an aromatic ring is 1. The van der Waals surface area contributed by atoms with Crippen LogP contribution in [0.5, 0.6) is 0 Å². The zero-order valence-electron chi connectivity index (χ0n) is 28.1. The summed E-state index contributed by atoms with van der Waals surface area (Å²) in [5, 5.41) is 32.2. The average molecular weight is 882 g/mol. The lowest BCUT2D eigenvalue weighted by Crippen LogP contribution is -2.34. The number of amides is 1. The largest absolute Gasteiger partial charge is 0.481 e. The Morgan fingerprint density at radius 3 is 1.42 bits per heavy atom. The highest BCUT2D eigenvalue weighted by Gasteiger charge is 2.12. The second-order valence-corrected chi connectivity index (χ2v) is 14.8. The number of anilines is 2. The van der Waals surface area contributed by atoms with Gasteiger partial charge in [0.2, 0.25) is 16.2 Å². The van der Waals surface area contributed by atoms with Gasteiger partial charge in [0.05, 0.1) is 12.8 Å². The molecule has 1 amide bonds. The van der Waals surface area contributed by atoms with Crippen LogP contribution in [0.2, 0.25) is 20.1 Å². The van der Waals surface area contributed by atoms with E-state index in [-0.39, 0.29) is 31.3 Å². The van der Waals surface area contributed by atoms with Gasteiger partial charge in [-0.05, 0) is 58.7 Å². The lowest BCUT2D eigenvalue weighted by atomic mass is 10.1. The van der Waals surface area contributed by atoms with Crippen molar-refractivity contribution in [3.05, 3.63) is 149 Å². The number of nitrogens with one attached hydrogen (secondary N) is 2. The Morgan fingerprint density at radius 1 is 0.655 bits per heavy atom. The summed E-state index contributed by atoms with van der Waals surface area (Å²) in [5.41, 5.74) is 15.8. The molecule has 9 N–H and O–H groups in total. The van der Waals surface area contributed by atoms with Crippen molar-refractivity contribution in [2.24, 2.45) is 11.6 Å². The lowest BCUT2D eigenvalue weighted by molar-refractivity contribution is -0.136. The minimum absolute atomic E-state index is 0. The quantitative estimate of drug-likeness (QED) is 0.0461. The molecule has 290 valence electrons. The Hall–Kier alpha value is -4.45. The number of hydrazine groups is 1. The number of halogens is 4. The number of carbonyl (C=O) groups is 2. The van der Waals surface area contributed by atoms with Gasteiger partial charge in [0.1, 0.15) is 10.0 Å². The highest BCUT2D eigenvalue weighted by molar-refractivity contribution is 7.80. The first-order valence-corrected chi connectivity index (χ1v) is 19.0. The number of carboxylic acids is 1. The lowest BCUT2D eigenvalue weighted by Gasteiger charge is -2.03. The van der Waals surface area contributed by atoms with Crippen molar-refractivity contribution in [3.63, 3.8) is 0 Å². The van der Waals surface area contributed by atoms with E-state index in [2.05, 4.69) is 43.8 Å². The van der Waals surface area contributed by atoms with Crippen molar-refractivity contribution in [2.45, 2.75) is 33.1 Å². The number of carbonyl (C=O) groups excluding carboxylic acids is 1. The molecule has 0 saturated heterocycles. The van der Waals surface area contributed by atoms with Crippen LogP contribution in [0.3, 0.4) is 0 Å².